The van der Waals surface area contributed by atoms with Gasteiger partial charge in [0.1, 0.15) is 6.26 Å². The molecule has 3 aromatic heterocycles. The van der Waals surface area contributed by atoms with Crippen LogP contribution in [-0.2, 0) is 21.7 Å². The summed E-state index contributed by atoms with van der Waals surface area (Å²) in [7, 11) is 1.29. The van der Waals surface area contributed by atoms with E-state index in [4.69, 9.17) is 4.42 Å². The molecule has 3 aromatic rings. The first kappa shape index (κ1) is 16.5. The number of nitrogens with zero attached hydrogens (tertiary/aromatic N) is 2. The molecule has 0 saturated carbocycles. The monoisotopic (exact) mass is 363 g/mol. The molecule has 1 N–H and O–H groups in total. The summed E-state index contributed by atoms with van der Waals surface area (Å²) in [6, 6.07) is 5.15. The molecule has 0 spiro atoms. The van der Waals surface area contributed by atoms with Gasteiger partial charge < -0.3 is 14.1 Å². The number of hydrogen-bond acceptors (Lipinski definition) is 8. The van der Waals surface area contributed by atoms with Crippen molar-refractivity contribution in [2.24, 2.45) is 0 Å². The Morgan fingerprint density at radius 2 is 2.29 bits per heavy atom. The molecule has 0 aromatic carbocycles. The van der Waals surface area contributed by atoms with Gasteiger partial charge in [-0.15, -0.1) is 11.3 Å². The maximum atomic E-state index is 11.7. The van der Waals surface area contributed by atoms with Crippen LogP contribution in [0.1, 0.15) is 11.4 Å². The number of thioether (sulfide) groups is 1. The molecule has 0 unspecified atom stereocenters. The second kappa shape index (κ2) is 7.45. The number of carbonyl (C=O) groups is 1. The number of esters is 1. The zero-order chi connectivity index (χ0) is 16.9. The number of methoxy groups -OCH3 is 1. The Balaban J connectivity index is 1.68. The minimum absolute atomic E-state index is 0.0412. The molecule has 0 aliphatic heterocycles. The van der Waals surface area contributed by atoms with Crippen molar-refractivity contribution in [2.75, 3.05) is 7.11 Å². The summed E-state index contributed by atoms with van der Waals surface area (Å²) in [4.78, 5) is 35.2. The smallest absolute Gasteiger partial charge is 0.311 e. The molecule has 24 heavy (non-hydrogen) atoms. The van der Waals surface area contributed by atoms with Gasteiger partial charge in [-0.2, -0.15) is 0 Å². The van der Waals surface area contributed by atoms with Crippen molar-refractivity contribution >= 4 is 29.1 Å². The lowest BCUT2D eigenvalue weighted by molar-refractivity contribution is -0.139. The first-order valence-corrected chi connectivity index (χ1v) is 8.78. The van der Waals surface area contributed by atoms with Crippen molar-refractivity contribution in [3.05, 3.63) is 51.6 Å². The summed E-state index contributed by atoms with van der Waals surface area (Å²) in [6.07, 6.45) is 1.54. The number of hydrogen-bond donors (Lipinski definition) is 1. The van der Waals surface area contributed by atoms with Crippen LogP contribution in [0, 0.1) is 0 Å². The molecule has 9 heteroatoms. The van der Waals surface area contributed by atoms with Crippen molar-refractivity contribution in [3.8, 4) is 10.8 Å². The highest BCUT2D eigenvalue weighted by Gasteiger charge is 2.10. The Morgan fingerprint density at radius 1 is 1.42 bits per heavy atom. The van der Waals surface area contributed by atoms with Gasteiger partial charge in [-0.05, 0) is 11.4 Å². The van der Waals surface area contributed by atoms with Crippen LogP contribution in [-0.4, -0.2) is 28.0 Å². The SMILES string of the molecule is COC(=O)Cc1cc(=O)[nH]c(SCc2coc(-c3cccs3)n2)n1. The molecule has 0 fully saturated rings. The maximum Gasteiger partial charge on any atom is 0.311 e. The molecule has 0 saturated heterocycles. The van der Waals surface area contributed by atoms with Gasteiger partial charge in [0.15, 0.2) is 5.16 Å². The van der Waals surface area contributed by atoms with Crippen molar-refractivity contribution in [3.63, 3.8) is 0 Å². The average molecular weight is 363 g/mol. The largest absolute Gasteiger partial charge is 0.469 e. The highest BCUT2D eigenvalue weighted by Crippen LogP contribution is 2.25. The highest BCUT2D eigenvalue weighted by molar-refractivity contribution is 7.98. The molecule has 0 atom stereocenters. The van der Waals surface area contributed by atoms with E-state index in [1.54, 1.807) is 17.6 Å². The molecule has 0 amide bonds. The van der Waals surface area contributed by atoms with E-state index in [1.807, 2.05) is 17.5 Å². The van der Waals surface area contributed by atoms with Crippen LogP contribution in [0.25, 0.3) is 10.8 Å². The Bertz CT molecular complexity index is 886. The lowest BCUT2D eigenvalue weighted by Gasteiger charge is -2.02. The van der Waals surface area contributed by atoms with Gasteiger partial charge in [0, 0.05) is 11.8 Å². The van der Waals surface area contributed by atoms with E-state index in [0.29, 0.717) is 22.5 Å². The van der Waals surface area contributed by atoms with Gasteiger partial charge in [-0.25, -0.2) is 9.97 Å². The van der Waals surface area contributed by atoms with E-state index in [9.17, 15) is 9.59 Å². The van der Waals surface area contributed by atoms with Crippen molar-refractivity contribution in [1.82, 2.24) is 15.0 Å². The fourth-order valence-corrected chi connectivity index (χ4v) is 3.32. The fourth-order valence-electron chi connectivity index (χ4n) is 1.89. The van der Waals surface area contributed by atoms with Crippen LogP contribution in [0.2, 0.25) is 0 Å². The standard InChI is InChI=1S/C15H13N3O4S2/c1-21-13(20)6-9-5-12(19)18-15(17-9)24-8-10-7-22-14(16-10)11-3-2-4-23-11/h2-5,7H,6,8H2,1H3,(H,17,18,19). The molecule has 124 valence electrons. The number of ether oxygens (including phenoxy) is 1. The summed E-state index contributed by atoms with van der Waals surface area (Å²) in [5.74, 6) is 0.613. The van der Waals surface area contributed by atoms with E-state index >= 15 is 0 Å². The van der Waals surface area contributed by atoms with Crippen molar-refractivity contribution in [1.29, 1.82) is 0 Å². The zero-order valence-corrected chi connectivity index (χ0v) is 14.3. The van der Waals surface area contributed by atoms with Gasteiger partial charge in [0.2, 0.25) is 5.89 Å². The fraction of sp³-hybridized carbons (Fsp3) is 0.200. The summed E-state index contributed by atoms with van der Waals surface area (Å²) < 4.78 is 10.0. The van der Waals surface area contributed by atoms with Crippen LogP contribution < -0.4 is 5.56 Å². The van der Waals surface area contributed by atoms with Crippen LogP contribution in [0.5, 0.6) is 0 Å². The number of thiophene rings is 1. The molecular weight excluding hydrogens is 350 g/mol. The molecule has 0 aliphatic carbocycles. The highest BCUT2D eigenvalue weighted by atomic mass is 32.2. The molecule has 3 heterocycles. The van der Waals surface area contributed by atoms with Crippen molar-refractivity contribution < 1.29 is 13.9 Å². The molecule has 0 bridgehead atoms. The first-order valence-electron chi connectivity index (χ1n) is 6.92. The molecule has 3 rings (SSSR count). The van der Waals surface area contributed by atoms with Crippen LogP contribution in [0.4, 0.5) is 0 Å². The normalized spacial score (nSPS) is 10.7. The summed E-state index contributed by atoms with van der Waals surface area (Å²) in [5.41, 5.74) is 0.794. The summed E-state index contributed by atoms with van der Waals surface area (Å²) in [6.45, 7) is 0. The maximum absolute atomic E-state index is 11.7. The number of rotatable bonds is 6. The minimum Gasteiger partial charge on any atom is -0.469 e. The van der Waals surface area contributed by atoms with E-state index in [0.717, 1.165) is 10.6 Å². The van der Waals surface area contributed by atoms with E-state index in [2.05, 4.69) is 19.7 Å². The summed E-state index contributed by atoms with van der Waals surface area (Å²) in [5, 5.41) is 2.37. The zero-order valence-electron chi connectivity index (χ0n) is 12.6. The van der Waals surface area contributed by atoms with Crippen LogP contribution in [0.3, 0.4) is 0 Å². The Morgan fingerprint density at radius 3 is 3.04 bits per heavy atom. The summed E-state index contributed by atoms with van der Waals surface area (Å²) >= 11 is 2.86. The number of carbonyl (C=O) groups excluding carboxylic acids is 1. The molecule has 0 aliphatic rings. The lowest BCUT2D eigenvalue weighted by atomic mass is 10.3. The number of oxazole rings is 1. The van der Waals surface area contributed by atoms with Crippen LogP contribution in [0.15, 0.2) is 44.2 Å². The van der Waals surface area contributed by atoms with Gasteiger partial charge in [-0.3, -0.25) is 9.59 Å². The third-order valence-electron chi connectivity index (χ3n) is 2.97. The van der Waals surface area contributed by atoms with Gasteiger partial charge >= 0.3 is 5.97 Å². The van der Waals surface area contributed by atoms with E-state index in [1.165, 1.54) is 24.9 Å². The lowest BCUT2D eigenvalue weighted by Crippen LogP contribution is -2.13. The molecular formula is C15H13N3O4S2. The average Bonchev–Trinajstić information content (AvgIpc) is 3.23. The number of H-pyrrole nitrogens is 1. The van der Waals surface area contributed by atoms with E-state index < -0.39 is 5.97 Å². The predicted octanol–water partition coefficient (Wildman–Crippen LogP) is 2.49. The Kier molecular flexibility index (Phi) is 5.11. The topological polar surface area (TPSA) is 98.1 Å². The quantitative estimate of drug-likeness (QED) is 0.408. The first-order chi connectivity index (χ1) is 11.6. The number of aromatic amines is 1. The minimum atomic E-state index is -0.443. The molecule has 7 nitrogen and oxygen atoms in total. The third kappa shape index (κ3) is 4.12. The number of nitrogens with one attached hydrogen (secondary N) is 1. The van der Waals surface area contributed by atoms with Crippen molar-refractivity contribution in [2.45, 2.75) is 17.3 Å². The number of aromatic nitrogens is 3. The second-order valence-corrected chi connectivity index (χ2v) is 6.62. The second-order valence-electron chi connectivity index (χ2n) is 4.70. The Hall–Kier alpha value is -2.39. The third-order valence-corrected chi connectivity index (χ3v) is 4.73. The molecule has 0 radical (unpaired) electrons. The van der Waals surface area contributed by atoms with Gasteiger partial charge in [0.05, 0.1) is 29.8 Å². The van der Waals surface area contributed by atoms with Crippen LogP contribution >= 0.6 is 23.1 Å². The van der Waals surface area contributed by atoms with Gasteiger partial charge in [-0.1, -0.05) is 17.8 Å². The Labute approximate surface area is 145 Å². The van der Waals surface area contributed by atoms with E-state index in [-0.39, 0.29) is 12.0 Å². The van der Waals surface area contributed by atoms with Gasteiger partial charge in [0.25, 0.3) is 5.56 Å². The predicted molar refractivity (Wildman–Crippen MR) is 90.0 cm³/mol.